The molecule has 0 N–H and O–H groups in total. The molecule has 1 aliphatic rings. The molecule has 7 heteroatoms. The fraction of sp³-hybridized carbons (Fsp3) is 0.290. The second-order valence-electron chi connectivity index (χ2n) is 9.01. The van der Waals surface area contributed by atoms with Crippen molar-refractivity contribution < 1.29 is 23.7 Å². The first-order valence-electron chi connectivity index (χ1n) is 12.8. The number of nitrogens with zero attached hydrogens (tertiary/aromatic N) is 1. The van der Waals surface area contributed by atoms with Gasteiger partial charge in [0.05, 0.1) is 18.7 Å². The van der Waals surface area contributed by atoms with Gasteiger partial charge in [-0.3, -0.25) is 0 Å². The molecule has 4 aromatic rings. The molecule has 38 heavy (non-hydrogen) atoms. The van der Waals surface area contributed by atoms with Gasteiger partial charge in [0.15, 0.2) is 0 Å². The smallest absolute Gasteiger partial charge is 0.357 e. The van der Waals surface area contributed by atoms with Gasteiger partial charge in [-0.1, -0.05) is 91.9 Å². The Kier molecular flexibility index (Phi) is 9.04. The van der Waals surface area contributed by atoms with Crippen molar-refractivity contribution in [2.24, 2.45) is 0 Å². The number of carbonyl (C=O) groups is 1. The van der Waals surface area contributed by atoms with Gasteiger partial charge in [-0.15, -0.1) is 11.8 Å². The molecule has 0 unspecified atom stereocenters. The number of ether oxygens (including phenoxy) is 4. The Bertz CT molecular complexity index is 1320. The van der Waals surface area contributed by atoms with Crippen LogP contribution < -0.4 is 0 Å². The predicted octanol–water partition coefficient (Wildman–Crippen LogP) is 6.04. The van der Waals surface area contributed by atoms with E-state index in [2.05, 4.69) is 11.9 Å². The van der Waals surface area contributed by atoms with Crippen LogP contribution in [0, 0.1) is 0 Å². The number of thioether (sulfide) groups is 1. The van der Waals surface area contributed by atoms with Gasteiger partial charge in [-0.2, -0.15) is 0 Å². The zero-order valence-corrected chi connectivity index (χ0v) is 22.1. The minimum atomic E-state index is -0.491. The SMILES string of the molecule is CCS[C@H]1O[C@H](COC(=O)c2ccc3ccccc3n2)[C@@H](OCc2ccccc2)[C@@H]1OCc1ccccc1. The Morgan fingerprint density at radius 2 is 1.45 bits per heavy atom. The molecule has 196 valence electrons. The molecule has 1 aliphatic heterocycles. The summed E-state index contributed by atoms with van der Waals surface area (Å²) in [7, 11) is 0. The molecule has 1 saturated heterocycles. The number of carbonyl (C=O) groups excluding carboxylic acids is 1. The molecule has 0 radical (unpaired) electrons. The highest BCUT2D eigenvalue weighted by Gasteiger charge is 2.47. The van der Waals surface area contributed by atoms with E-state index >= 15 is 0 Å². The molecule has 4 atom stereocenters. The lowest BCUT2D eigenvalue weighted by Gasteiger charge is -2.25. The van der Waals surface area contributed by atoms with E-state index in [9.17, 15) is 4.79 Å². The van der Waals surface area contributed by atoms with Crippen molar-refractivity contribution >= 4 is 28.6 Å². The number of para-hydroxylation sites is 1. The van der Waals surface area contributed by atoms with Crippen LogP contribution in [-0.4, -0.2) is 47.1 Å². The van der Waals surface area contributed by atoms with Crippen molar-refractivity contribution in [1.82, 2.24) is 4.98 Å². The molecular formula is C31H31NO5S. The summed E-state index contributed by atoms with van der Waals surface area (Å²) >= 11 is 1.66. The Morgan fingerprint density at radius 3 is 2.13 bits per heavy atom. The standard InChI is InChI=1S/C31H31NO5S/c1-2-38-31-29(35-20-23-13-7-4-8-14-23)28(34-19-22-11-5-3-6-12-22)27(37-31)21-36-30(33)26-18-17-24-15-9-10-16-25(24)32-26/h3-18,27-29,31H,2,19-21H2,1H3/t27-,28-,29+,31-/m1/s1. The maximum atomic E-state index is 12.9. The van der Waals surface area contributed by atoms with Crippen molar-refractivity contribution in [3.8, 4) is 0 Å². The summed E-state index contributed by atoms with van der Waals surface area (Å²) in [4.78, 5) is 17.4. The molecule has 5 rings (SSSR count). The lowest BCUT2D eigenvalue weighted by molar-refractivity contribution is -0.0834. The number of hydrogen-bond donors (Lipinski definition) is 0. The third-order valence-electron chi connectivity index (χ3n) is 6.36. The van der Waals surface area contributed by atoms with Gasteiger partial charge in [-0.25, -0.2) is 9.78 Å². The van der Waals surface area contributed by atoms with Crippen LogP contribution >= 0.6 is 11.8 Å². The third kappa shape index (κ3) is 6.60. The van der Waals surface area contributed by atoms with E-state index in [4.69, 9.17) is 18.9 Å². The average Bonchev–Trinajstić information content (AvgIpc) is 3.30. The molecule has 2 heterocycles. The summed E-state index contributed by atoms with van der Waals surface area (Å²) in [5, 5.41) is 0.968. The number of esters is 1. The molecule has 6 nitrogen and oxygen atoms in total. The van der Waals surface area contributed by atoms with Crippen LogP contribution in [0.5, 0.6) is 0 Å². The largest absolute Gasteiger partial charge is 0.458 e. The molecule has 0 amide bonds. The number of aromatic nitrogens is 1. The van der Waals surface area contributed by atoms with Gasteiger partial charge in [0.1, 0.15) is 36.0 Å². The Balaban J connectivity index is 1.31. The van der Waals surface area contributed by atoms with Gasteiger partial charge in [0.25, 0.3) is 0 Å². The van der Waals surface area contributed by atoms with Crippen molar-refractivity contribution in [2.45, 2.75) is 43.9 Å². The zero-order valence-electron chi connectivity index (χ0n) is 21.3. The topological polar surface area (TPSA) is 66.9 Å². The third-order valence-corrected chi connectivity index (χ3v) is 7.40. The summed E-state index contributed by atoms with van der Waals surface area (Å²) in [6.07, 6.45) is -1.22. The highest BCUT2D eigenvalue weighted by atomic mass is 32.2. The number of benzene rings is 3. The maximum absolute atomic E-state index is 12.9. The fourth-order valence-corrected chi connectivity index (χ4v) is 5.42. The van der Waals surface area contributed by atoms with Crippen LogP contribution in [0.3, 0.4) is 0 Å². The number of rotatable bonds is 11. The summed E-state index contributed by atoms with van der Waals surface area (Å²) in [6, 6.07) is 31.3. The van der Waals surface area contributed by atoms with E-state index in [1.54, 1.807) is 17.8 Å². The predicted molar refractivity (Wildman–Crippen MR) is 149 cm³/mol. The number of pyridine rings is 1. The van der Waals surface area contributed by atoms with Crippen LogP contribution in [-0.2, 0) is 32.2 Å². The van der Waals surface area contributed by atoms with Crippen molar-refractivity contribution in [3.63, 3.8) is 0 Å². The molecule has 0 saturated carbocycles. The summed E-state index contributed by atoms with van der Waals surface area (Å²) in [6.45, 7) is 2.97. The average molecular weight is 530 g/mol. The first kappa shape index (κ1) is 26.4. The second kappa shape index (κ2) is 13.0. The normalized spacial score (nSPS) is 21.0. The summed E-state index contributed by atoms with van der Waals surface area (Å²) in [5.74, 6) is 0.365. The molecule has 1 fully saturated rings. The highest BCUT2D eigenvalue weighted by molar-refractivity contribution is 7.99. The number of hydrogen-bond acceptors (Lipinski definition) is 7. The van der Waals surface area contributed by atoms with E-state index in [-0.39, 0.29) is 23.8 Å². The fourth-order valence-electron chi connectivity index (χ4n) is 4.45. The van der Waals surface area contributed by atoms with Crippen LogP contribution in [0.1, 0.15) is 28.5 Å². The van der Waals surface area contributed by atoms with Gasteiger partial charge in [0.2, 0.25) is 0 Å². The Hall–Kier alpha value is -3.23. The van der Waals surface area contributed by atoms with E-state index in [0.717, 1.165) is 27.8 Å². The van der Waals surface area contributed by atoms with E-state index < -0.39 is 18.2 Å². The first-order chi connectivity index (χ1) is 18.7. The lowest BCUT2D eigenvalue weighted by atomic mass is 10.1. The van der Waals surface area contributed by atoms with Crippen LogP contribution in [0.2, 0.25) is 0 Å². The second-order valence-corrected chi connectivity index (χ2v) is 10.4. The summed E-state index contributed by atoms with van der Waals surface area (Å²) in [5.41, 5.74) is 2.90. The monoisotopic (exact) mass is 529 g/mol. The molecule has 1 aromatic heterocycles. The quantitative estimate of drug-likeness (QED) is 0.219. The molecular weight excluding hydrogens is 498 g/mol. The molecule has 0 spiro atoms. The van der Waals surface area contributed by atoms with Crippen molar-refractivity contribution in [1.29, 1.82) is 0 Å². The minimum Gasteiger partial charge on any atom is -0.458 e. The molecule has 0 bridgehead atoms. The van der Waals surface area contributed by atoms with Gasteiger partial charge < -0.3 is 18.9 Å². The molecule has 0 aliphatic carbocycles. The van der Waals surface area contributed by atoms with E-state index in [1.807, 2.05) is 91.0 Å². The maximum Gasteiger partial charge on any atom is 0.357 e. The van der Waals surface area contributed by atoms with E-state index in [1.165, 1.54) is 0 Å². The minimum absolute atomic E-state index is 0.0404. The zero-order chi connectivity index (χ0) is 26.2. The molecule has 3 aromatic carbocycles. The van der Waals surface area contributed by atoms with Crippen molar-refractivity contribution in [2.75, 3.05) is 12.4 Å². The number of fused-ring (bicyclic) bond motifs is 1. The Labute approximate surface area is 227 Å². The van der Waals surface area contributed by atoms with Gasteiger partial charge >= 0.3 is 5.97 Å². The van der Waals surface area contributed by atoms with Crippen LogP contribution in [0.15, 0.2) is 97.1 Å². The Morgan fingerprint density at radius 1 is 0.816 bits per heavy atom. The lowest BCUT2D eigenvalue weighted by Crippen LogP contribution is -2.39. The van der Waals surface area contributed by atoms with Crippen LogP contribution in [0.25, 0.3) is 10.9 Å². The highest BCUT2D eigenvalue weighted by Crippen LogP contribution is 2.34. The first-order valence-corrected chi connectivity index (χ1v) is 13.9. The van der Waals surface area contributed by atoms with E-state index in [0.29, 0.717) is 13.2 Å². The van der Waals surface area contributed by atoms with Crippen molar-refractivity contribution in [3.05, 3.63) is 114 Å². The summed E-state index contributed by atoms with van der Waals surface area (Å²) < 4.78 is 24.9. The van der Waals surface area contributed by atoms with Gasteiger partial charge in [-0.05, 0) is 29.0 Å². The van der Waals surface area contributed by atoms with Crippen LogP contribution in [0.4, 0.5) is 0 Å². The van der Waals surface area contributed by atoms with Gasteiger partial charge in [0, 0.05) is 5.39 Å².